The highest BCUT2D eigenvalue weighted by molar-refractivity contribution is 5.78. The number of rotatable bonds is 9. The minimum Gasteiger partial charge on any atom is -0.393 e. The van der Waals surface area contributed by atoms with Gasteiger partial charge in [-0.05, 0) is 69.1 Å². The van der Waals surface area contributed by atoms with Gasteiger partial charge in [0.15, 0.2) is 0 Å². The van der Waals surface area contributed by atoms with E-state index in [0.717, 1.165) is 44.9 Å². The SMILES string of the molecule is C=C(CCCCCCC)CC[C@@H]1[C@H]2C/C=C\CCCC(=O)C[C@H]2C[C@H]1O. The first-order chi connectivity index (χ1) is 12.6. The summed E-state index contributed by atoms with van der Waals surface area (Å²) in [5, 5.41) is 10.7. The van der Waals surface area contributed by atoms with E-state index < -0.39 is 0 Å². The normalized spacial score (nSPS) is 30.8. The van der Waals surface area contributed by atoms with Crippen LogP contribution in [0.4, 0.5) is 0 Å². The molecule has 0 aromatic heterocycles. The first-order valence-corrected chi connectivity index (χ1v) is 11.1. The van der Waals surface area contributed by atoms with Crippen molar-refractivity contribution in [2.75, 3.05) is 0 Å². The van der Waals surface area contributed by atoms with Gasteiger partial charge in [0.05, 0.1) is 6.10 Å². The van der Waals surface area contributed by atoms with E-state index in [1.165, 1.54) is 37.7 Å². The Morgan fingerprint density at radius 1 is 1.19 bits per heavy atom. The fourth-order valence-electron chi connectivity index (χ4n) is 4.96. The van der Waals surface area contributed by atoms with E-state index >= 15 is 0 Å². The summed E-state index contributed by atoms with van der Waals surface area (Å²) in [6.07, 6.45) is 19.3. The molecule has 2 rings (SSSR count). The third-order valence-electron chi connectivity index (χ3n) is 6.55. The van der Waals surface area contributed by atoms with Gasteiger partial charge in [0.2, 0.25) is 0 Å². The Labute approximate surface area is 161 Å². The monoisotopic (exact) mass is 360 g/mol. The molecule has 0 aromatic rings. The second-order valence-electron chi connectivity index (χ2n) is 8.69. The second-order valence-corrected chi connectivity index (χ2v) is 8.69. The Balaban J connectivity index is 1.82. The van der Waals surface area contributed by atoms with Gasteiger partial charge in [-0.15, -0.1) is 0 Å². The molecule has 26 heavy (non-hydrogen) atoms. The molecule has 0 unspecified atom stereocenters. The van der Waals surface area contributed by atoms with Crippen molar-refractivity contribution in [3.05, 3.63) is 24.3 Å². The number of carbonyl (C=O) groups is 1. The van der Waals surface area contributed by atoms with Crippen molar-refractivity contribution in [3.63, 3.8) is 0 Å². The van der Waals surface area contributed by atoms with Crippen LogP contribution in [0.2, 0.25) is 0 Å². The molecule has 1 saturated carbocycles. The van der Waals surface area contributed by atoms with Gasteiger partial charge < -0.3 is 5.11 Å². The van der Waals surface area contributed by atoms with E-state index in [1.807, 2.05) is 0 Å². The number of carbonyl (C=O) groups excluding carboxylic acids is 1. The predicted octanol–water partition coefficient (Wildman–Crippen LogP) is 6.39. The van der Waals surface area contributed by atoms with E-state index in [1.54, 1.807) is 0 Å². The van der Waals surface area contributed by atoms with Crippen molar-refractivity contribution >= 4 is 5.78 Å². The number of hydrogen-bond acceptors (Lipinski definition) is 2. The lowest BCUT2D eigenvalue weighted by atomic mass is 9.80. The topological polar surface area (TPSA) is 37.3 Å². The average molecular weight is 361 g/mol. The van der Waals surface area contributed by atoms with Crippen molar-refractivity contribution in [1.82, 2.24) is 0 Å². The zero-order valence-electron chi connectivity index (χ0n) is 16.9. The number of aliphatic hydroxyl groups is 1. The van der Waals surface area contributed by atoms with Gasteiger partial charge in [0.25, 0.3) is 0 Å². The lowest BCUT2D eigenvalue weighted by Gasteiger charge is -2.25. The average Bonchev–Trinajstić information content (AvgIpc) is 2.90. The number of allylic oxidation sites excluding steroid dienone is 3. The van der Waals surface area contributed by atoms with Gasteiger partial charge in [0.1, 0.15) is 5.78 Å². The maximum atomic E-state index is 12.2. The third kappa shape index (κ3) is 7.02. The maximum Gasteiger partial charge on any atom is 0.133 e. The molecule has 0 radical (unpaired) electrons. The minimum atomic E-state index is -0.232. The number of fused-ring (bicyclic) bond motifs is 1. The third-order valence-corrected chi connectivity index (χ3v) is 6.55. The minimum absolute atomic E-state index is 0.232. The van der Waals surface area contributed by atoms with Crippen LogP contribution in [-0.4, -0.2) is 17.0 Å². The largest absolute Gasteiger partial charge is 0.393 e. The molecule has 0 aliphatic heterocycles. The van der Waals surface area contributed by atoms with Gasteiger partial charge in [-0.3, -0.25) is 4.79 Å². The van der Waals surface area contributed by atoms with E-state index in [9.17, 15) is 9.90 Å². The molecule has 1 fully saturated rings. The molecule has 0 saturated heterocycles. The first kappa shape index (κ1) is 21.4. The van der Waals surface area contributed by atoms with Crippen molar-refractivity contribution in [2.45, 2.75) is 103 Å². The summed E-state index contributed by atoms with van der Waals surface area (Å²) in [6, 6.07) is 0. The van der Waals surface area contributed by atoms with Gasteiger partial charge in [-0.2, -0.15) is 0 Å². The van der Waals surface area contributed by atoms with Crippen LogP contribution in [0, 0.1) is 17.8 Å². The highest BCUT2D eigenvalue weighted by atomic mass is 16.3. The number of unbranched alkanes of at least 4 members (excludes halogenated alkanes) is 4. The Kier molecular flexibility index (Phi) is 9.67. The molecule has 0 amide bonds. The van der Waals surface area contributed by atoms with Crippen molar-refractivity contribution in [1.29, 1.82) is 0 Å². The van der Waals surface area contributed by atoms with Crippen LogP contribution in [-0.2, 0) is 4.79 Å². The summed E-state index contributed by atoms with van der Waals surface area (Å²) in [6.45, 7) is 6.54. The van der Waals surface area contributed by atoms with Crippen LogP contribution in [0.1, 0.15) is 96.8 Å². The van der Waals surface area contributed by atoms with E-state index in [2.05, 4.69) is 25.7 Å². The number of ketones is 1. The lowest BCUT2D eigenvalue weighted by molar-refractivity contribution is -0.120. The number of aliphatic hydroxyl groups excluding tert-OH is 1. The Hall–Kier alpha value is -0.890. The Morgan fingerprint density at radius 3 is 2.81 bits per heavy atom. The van der Waals surface area contributed by atoms with Crippen molar-refractivity contribution in [3.8, 4) is 0 Å². The lowest BCUT2D eigenvalue weighted by Crippen LogP contribution is -2.21. The summed E-state index contributed by atoms with van der Waals surface area (Å²) in [7, 11) is 0. The van der Waals surface area contributed by atoms with Gasteiger partial charge in [0, 0.05) is 12.8 Å². The molecule has 0 aromatic carbocycles. The smallest absolute Gasteiger partial charge is 0.133 e. The fourth-order valence-corrected chi connectivity index (χ4v) is 4.96. The van der Waals surface area contributed by atoms with Crippen LogP contribution in [0.5, 0.6) is 0 Å². The van der Waals surface area contributed by atoms with Crippen LogP contribution in [0.25, 0.3) is 0 Å². The summed E-state index contributed by atoms with van der Waals surface area (Å²) in [4.78, 5) is 12.2. The van der Waals surface area contributed by atoms with Crippen LogP contribution in [0.3, 0.4) is 0 Å². The quantitative estimate of drug-likeness (QED) is 0.382. The number of hydrogen-bond donors (Lipinski definition) is 1. The summed E-state index contributed by atoms with van der Waals surface area (Å²) in [5.41, 5.74) is 1.35. The zero-order chi connectivity index (χ0) is 18.8. The first-order valence-electron chi connectivity index (χ1n) is 11.1. The fraction of sp³-hybridized carbons (Fsp3) is 0.792. The Bertz CT molecular complexity index is 465. The maximum absolute atomic E-state index is 12.2. The molecule has 0 spiro atoms. The molecular weight excluding hydrogens is 320 g/mol. The van der Waals surface area contributed by atoms with Crippen LogP contribution >= 0.6 is 0 Å². The van der Waals surface area contributed by atoms with Gasteiger partial charge in [-0.1, -0.05) is 56.9 Å². The van der Waals surface area contributed by atoms with Gasteiger partial charge in [-0.25, -0.2) is 0 Å². The molecular formula is C24H40O2. The van der Waals surface area contributed by atoms with E-state index in [-0.39, 0.29) is 6.10 Å². The van der Waals surface area contributed by atoms with Gasteiger partial charge >= 0.3 is 0 Å². The molecule has 0 heterocycles. The molecule has 4 atom stereocenters. The Morgan fingerprint density at radius 2 is 2.00 bits per heavy atom. The molecule has 0 bridgehead atoms. The summed E-state index contributed by atoms with van der Waals surface area (Å²) < 4.78 is 0. The van der Waals surface area contributed by atoms with E-state index in [4.69, 9.17) is 0 Å². The second kappa shape index (κ2) is 11.7. The highest BCUT2D eigenvalue weighted by Gasteiger charge is 2.41. The van der Waals surface area contributed by atoms with Crippen molar-refractivity contribution in [2.24, 2.45) is 17.8 Å². The highest BCUT2D eigenvalue weighted by Crippen LogP contribution is 2.44. The standard InChI is InChI=1S/C24H40O2/c1-3-4-5-6-9-12-19(2)15-16-23-22-14-11-8-7-10-13-21(25)17-20(22)18-24(23)26/h8,11,20,22-24,26H,2-7,9-10,12-18H2,1H3/b11-8-/t20-,22-,23+,24+/m0/s1. The molecule has 1 N–H and O–H groups in total. The predicted molar refractivity (Wildman–Crippen MR) is 110 cm³/mol. The van der Waals surface area contributed by atoms with Crippen molar-refractivity contribution < 1.29 is 9.90 Å². The molecule has 2 aliphatic rings. The van der Waals surface area contributed by atoms with E-state index in [0.29, 0.717) is 36.4 Å². The summed E-state index contributed by atoms with van der Waals surface area (Å²) >= 11 is 0. The number of Topliss-reactive ketones (excluding diaryl/α,β-unsaturated/α-hetero) is 1. The molecule has 2 aliphatic carbocycles. The molecule has 2 heteroatoms. The molecule has 2 nitrogen and oxygen atoms in total. The zero-order valence-corrected chi connectivity index (χ0v) is 16.9. The molecule has 148 valence electrons. The van der Waals surface area contributed by atoms with Crippen LogP contribution < -0.4 is 0 Å². The van der Waals surface area contributed by atoms with Crippen LogP contribution in [0.15, 0.2) is 24.3 Å². The summed E-state index contributed by atoms with van der Waals surface area (Å²) in [5.74, 6) is 1.60.